The second-order valence-corrected chi connectivity index (χ2v) is 9.05. The van der Waals surface area contributed by atoms with Crippen LogP contribution >= 0.6 is 22.9 Å². The van der Waals surface area contributed by atoms with Gasteiger partial charge < -0.3 is 10.2 Å². The molecule has 2 fully saturated rings. The third-order valence-electron chi connectivity index (χ3n) is 5.76. The fourth-order valence-corrected chi connectivity index (χ4v) is 5.43. The molecule has 1 saturated heterocycles. The van der Waals surface area contributed by atoms with E-state index in [0.717, 1.165) is 36.2 Å². The van der Waals surface area contributed by atoms with E-state index in [1.165, 1.54) is 9.71 Å². The Bertz CT molecular complexity index is 860. The number of nitrogens with one attached hydrogen (secondary N) is 1. The van der Waals surface area contributed by atoms with Gasteiger partial charge in [0.2, 0.25) is 11.8 Å². The first-order valence-electron chi connectivity index (χ1n) is 9.67. The van der Waals surface area contributed by atoms with Crippen molar-refractivity contribution in [2.75, 3.05) is 13.1 Å². The Kier molecular flexibility index (Phi) is 5.37. The van der Waals surface area contributed by atoms with Crippen LogP contribution in [-0.4, -0.2) is 40.8 Å². The molecule has 2 heterocycles. The van der Waals surface area contributed by atoms with E-state index in [0.29, 0.717) is 25.4 Å². The van der Waals surface area contributed by atoms with Crippen molar-refractivity contribution in [3.8, 4) is 0 Å². The number of halogens is 1. The summed E-state index contributed by atoms with van der Waals surface area (Å²) in [7, 11) is 0. The number of benzene rings is 1. The molecule has 2 aliphatic rings. The number of fused-ring (bicyclic) bond motifs is 1. The van der Waals surface area contributed by atoms with Crippen LogP contribution in [0.4, 0.5) is 0 Å². The SMILES string of the molecule is CCN1CC(C(=O)NC2CCC(c3nc4cc(Cl)ccc4s3)CC2)CC1=O. The first kappa shape index (κ1) is 18.7. The van der Waals surface area contributed by atoms with Crippen LogP contribution in [0.3, 0.4) is 0 Å². The van der Waals surface area contributed by atoms with Crippen LogP contribution in [0.5, 0.6) is 0 Å². The number of carbonyl (C=O) groups excluding carboxylic acids is 2. The standard InChI is InChI=1S/C20H24ClN3O2S/c1-2-24-11-13(9-18(24)25)19(26)22-15-6-3-12(4-7-15)20-23-16-10-14(21)5-8-17(16)27-20/h5,8,10,12-13,15H,2-4,6-7,9,11H2,1H3,(H,22,26). The number of thiazole rings is 1. The summed E-state index contributed by atoms with van der Waals surface area (Å²) in [5.74, 6) is 0.400. The van der Waals surface area contributed by atoms with E-state index < -0.39 is 0 Å². The third-order valence-corrected chi connectivity index (χ3v) is 7.19. The summed E-state index contributed by atoms with van der Waals surface area (Å²) < 4.78 is 1.18. The monoisotopic (exact) mass is 405 g/mol. The van der Waals surface area contributed by atoms with Gasteiger partial charge in [-0.2, -0.15) is 0 Å². The number of amides is 2. The van der Waals surface area contributed by atoms with Crippen molar-refractivity contribution < 1.29 is 9.59 Å². The zero-order chi connectivity index (χ0) is 19.0. The van der Waals surface area contributed by atoms with Gasteiger partial charge in [0.25, 0.3) is 0 Å². The number of nitrogens with zero attached hydrogens (tertiary/aromatic N) is 2. The van der Waals surface area contributed by atoms with E-state index in [4.69, 9.17) is 16.6 Å². The van der Waals surface area contributed by atoms with Gasteiger partial charge in [0.15, 0.2) is 0 Å². The van der Waals surface area contributed by atoms with E-state index in [1.807, 2.05) is 25.1 Å². The molecule has 1 aliphatic heterocycles. The minimum atomic E-state index is -0.191. The maximum atomic E-state index is 12.5. The molecule has 1 atom stereocenters. The van der Waals surface area contributed by atoms with Crippen LogP contribution in [0, 0.1) is 5.92 Å². The maximum Gasteiger partial charge on any atom is 0.225 e. The average Bonchev–Trinajstić information content (AvgIpc) is 3.25. The molecule has 1 N–H and O–H groups in total. The third kappa shape index (κ3) is 3.97. The zero-order valence-electron chi connectivity index (χ0n) is 15.4. The predicted molar refractivity (Wildman–Crippen MR) is 108 cm³/mol. The smallest absolute Gasteiger partial charge is 0.225 e. The largest absolute Gasteiger partial charge is 0.353 e. The molecule has 2 aromatic rings. The van der Waals surface area contributed by atoms with Crippen LogP contribution in [0.25, 0.3) is 10.2 Å². The summed E-state index contributed by atoms with van der Waals surface area (Å²) in [6.45, 7) is 3.20. The second-order valence-electron chi connectivity index (χ2n) is 7.55. The Morgan fingerprint density at radius 1 is 1.33 bits per heavy atom. The maximum absolute atomic E-state index is 12.5. The lowest BCUT2D eigenvalue weighted by Gasteiger charge is -2.28. The van der Waals surface area contributed by atoms with Gasteiger partial charge in [-0.1, -0.05) is 11.6 Å². The van der Waals surface area contributed by atoms with Gasteiger partial charge in [0, 0.05) is 36.5 Å². The minimum absolute atomic E-state index is 0.0392. The van der Waals surface area contributed by atoms with E-state index in [-0.39, 0.29) is 23.8 Å². The van der Waals surface area contributed by atoms with E-state index in [9.17, 15) is 9.59 Å². The molecule has 4 rings (SSSR count). The molecule has 1 unspecified atom stereocenters. The first-order valence-corrected chi connectivity index (χ1v) is 10.9. The fraction of sp³-hybridized carbons (Fsp3) is 0.550. The summed E-state index contributed by atoms with van der Waals surface area (Å²) >= 11 is 7.81. The lowest BCUT2D eigenvalue weighted by Crippen LogP contribution is -2.41. The molecule has 27 heavy (non-hydrogen) atoms. The normalized spacial score (nSPS) is 25.9. The Morgan fingerprint density at radius 3 is 2.81 bits per heavy atom. The average molecular weight is 406 g/mol. The highest BCUT2D eigenvalue weighted by Gasteiger charge is 2.35. The molecular weight excluding hydrogens is 382 g/mol. The molecule has 7 heteroatoms. The Hall–Kier alpha value is -1.66. The Morgan fingerprint density at radius 2 is 2.11 bits per heavy atom. The van der Waals surface area contributed by atoms with Crippen molar-refractivity contribution in [2.45, 2.75) is 51.0 Å². The van der Waals surface area contributed by atoms with Crippen molar-refractivity contribution in [2.24, 2.45) is 5.92 Å². The number of aromatic nitrogens is 1. The summed E-state index contributed by atoms with van der Waals surface area (Å²) in [6, 6.07) is 6.08. The Labute approximate surface area is 168 Å². The molecule has 2 amide bonds. The highest BCUT2D eigenvalue weighted by atomic mass is 35.5. The minimum Gasteiger partial charge on any atom is -0.353 e. The number of carbonyl (C=O) groups is 2. The lowest BCUT2D eigenvalue weighted by molar-refractivity contribution is -0.129. The molecule has 1 aromatic carbocycles. The molecule has 1 aromatic heterocycles. The zero-order valence-corrected chi connectivity index (χ0v) is 17.0. The highest BCUT2D eigenvalue weighted by Crippen LogP contribution is 2.37. The quantitative estimate of drug-likeness (QED) is 0.837. The molecule has 144 valence electrons. The lowest BCUT2D eigenvalue weighted by atomic mass is 9.86. The number of likely N-dealkylation sites (tertiary alicyclic amines) is 1. The fourth-order valence-electron chi connectivity index (χ4n) is 4.15. The summed E-state index contributed by atoms with van der Waals surface area (Å²) in [4.78, 5) is 30.9. The van der Waals surface area contributed by atoms with Crippen molar-refractivity contribution in [3.05, 3.63) is 28.2 Å². The second kappa shape index (κ2) is 7.76. The van der Waals surface area contributed by atoms with E-state index in [2.05, 4.69) is 5.32 Å². The van der Waals surface area contributed by atoms with Crippen molar-refractivity contribution in [1.82, 2.24) is 15.2 Å². The Balaban J connectivity index is 1.32. The van der Waals surface area contributed by atoms with Gasteiger partial charge in [0.05, 0.1) is 21.1 Å². The summed E-state index contributed by atoms with van der Waals surface area (Å²) in [5.41, 5.74) is 0.976. The van der Waals surface area contributed by atoms with Gasteiger partial charge in [-0.15, -0.1) is 11.3 Å². The molecule has 0 radical (unpaired) electrons. The highest BCUT2D eigenvalue weighted by molar-refractivity contribution is 7.18. The van der Waals surface area contributed by atoms with E-state index in [1.54, 1.807) is 16.2 Å². The van der Waals surface area contributed by atoms with E-state index >= 15 is 0 Å². The van der Waals surface area contributed by atoms with Crippen molar-refractivity contribution >= 4 is 45.0 Å². The van der Waals surface area contributed by atoms with Crippen LogP contribution in [0.2, 0.25) is 5.02 Å². The number of hydrogen-bond acceptors (Lipinski definition) is 4. The van der Waals surface area contributed by atoms with Crippen molar-refractivity contribution in [3.63, 3.8) is 0 Å². The molecule has 1 aliphatic carbocycles. The van der Waals surface area contributed by atoms with Crippen LogP contribution in [0.1, 0.15) is 50.0 Å². The summed E-state index contributed by atoms with van der Waals surface area (Å²) in [6.07, 6.45) is 4.34. The van der Waals surface area contributed by atoms with Crippen LogP contribution in [0.15, 0.2) is 18.2 Å². The molecule has 0 spiro atoms. The molecule has 1 saturated carbocycles. The topological polar surface area (TPSA) is 62.3 Å². The molecule has 5 nitrogen and oxygen atoms in total. The molecule has 0 bridgehead atoms. The molecular formula is C20H24ClN3O2S. The first-order chi connectivity index (χ1) is 13.0. The van der Waals surface area contributed by atoms with Gasteiger partial charge in [-0.25, -0.2) is 4.98 Å². The predicted octanol–water partition coefficient (Wildman–Crippen LogP) is 3.96. The van der Waals surface area contributed by atoms with Crippen LogP contribution in [-0.2, 0) is 9.59 Å². The van der Waals surface area contributed by atoms with Gasteiger partial charge in [-0.3, -0.25) is 9.59 Å². The van der Waals surface area contributed by atoms with Gasteiger partial charge in [-0.05, 0) is 50.8 Å². The van der Waals surface area contributed by atoms with Gasteiger partial charge >= 0.3 is 0 Å². The number of hydrogen-bond donors (Lipinski definition) is 1. The number of rotatable bonds is 4. The van der Waals surface area contributed by atoms with Crippen molar-refractivity contribution in [1.29, 1.82) is 0 Å². The summed E-state index contributed by atoms with van der Waals surface area (Å²) in [5, 5.41) is 5.08. The van der Waals surface area contributed by atoms with Gasteiger partial charge in [0.1, 0.15) is 0 Å². The van der Waals surface area contributed by atoms with Crippen LogP contribution < -0.4 is 5.32 Å².